The molecule has 3 aliphatic heterocycles. The lowest BCUT2D eigenvalue weighted by molar-refractivity contribution is 0.120. The maximum absolute atomic E-state index is 9.83. The van der Waals surface area contributed by atoms with Gasteiger partial charge in [-0.3, -0.25) is 10.3 Å². The molecule has 7 atom stereocenters. The second kappa shape index (κ2) is 13.3. The van der Waals surface area contributed by atoms with E-state index in [1.807, 2.05) is 6.08 Å². The number of allylic oxidation sites excluding steroid dienone is 8. The summed E-state index contributed by atoms with van der Waals surface area (Å²) in [5.74, 6) is 1.54. The summed E-state index contributed by atoms with van der Waals surface area (Å²) < 4.78 is 2.72. The van der Waals surface area contributed by atoms with Gasteiger partial charge in [0.05, 0.1) is 17.9 Å². The molecular weight excluding hydrogens is 647 g/mol. The van der Waals surface area contributed by atoms with Crippen molar-refractivity contribution >= 4 is 29.6 Å². The van der Waals surface area contributed by atoms with Gasteiger partial charge in [0.2, 0.25) is 0 Å². The first kappa shape index (κ1) is 32.9. The first-order chi connectivity index (χ1) is 26.1. The fourth-order valence-electron chi connectivity index (χ4n) is 11.5. The first-order valence-electron chi connectivity index (χ1n) is 20.4. The standard InChI is InChI=1S/C48H51N5/c1-48(53-44-25-10-7-20-39(44)40-21-8-11-26-45(40)53)30-34(29-46(51-48)52-43-24-9-6-22-41(43)42-23-13-27-50-47(42)52)36-17-3-5-19-38(36)37-18-4-2-16-35(37)33-15-12-14-32(28-33)31-49/h3,5-6,9-12,14-15,17-19,22,24-27,33-35,42,46-47,51H,2,4,7-8,13,16,20-21,23,28-30H2,1H3. The van der Waals surface area contributed by atoms with Crippen LogP contribution in [0.15, 0.2) is 95.6 Å². The van der Waals surface area contributed by atoms with Gasteiger partial charge in [0.1, 0.15) is 6.17 Å². The van der Waals surface area contributed by atoms with Gasteiger partial charge in [-0.05, 0) is 159 Å². The number of rotatable bonds is 5. The summed E-state index contributed by atoms with van der Waals surface area (Å²) in [7, 11) is 0. The molecule has 4 aliphatic carbocycles. The van der Waals surface area contributed by atoms with Crippen LogP contribution in [0, 0.1) is 23.2 Å². The predicted molar refractivity (Wildman–Crippen MR) is 218 cm³/mol. The average Bonchev–Trinajstić information content (AvgIpc) is 3.74. The maximum atomic E-state index is 9.83. The summed E-state index contributed by atoms with van der Waals surface area (Å²) in [5.41, 5.74) is 13.8. The number of fused-ring (bicyclic) bond motifs is 6. The minimum Gasteiger partial charge on any atom is -0.333 e. The molecular formula is C48H51N5. The van der Waals surface area contributed by atoms with Crippen LogP contribution in [0.25, 0.3) is 17.7 Å². The van der Waals surface area contributed by atoms with Crippen molar-refractivity contribution in [3.63, 3.8) is 0 Å². The smallest absolute Gasteiger partial charge is 0.128 e. The number of hydrogen-bond acceptors (Lipinski definition) is 4. The van der Waals surface area contributed by atoms with E-state index in [4.69, 9.17) is 4.99 Å². The van der Waals surface area contributed by atoms with Gasteiger partial charge in [-0.25, -0.2) is 0 Å². The molecule has 4 heterocycles. The highest BCUT2D eigenvalue weighted by Gasteiger charge is 2.49. The van der Waals surface area contributed by atoms with E-state index in [0.29, 0.717) is 23.7 Å². The van der Waals surface area contributed by atoms with Crippen LogP contribution in [0.3, 0.4) is 0 Å². The third-order valence-electron chi connectivity index (χ3n) is 13.7. The van der Waals surface area contributed by atoms with Gasteiger partial charge in [0, 0.05) is 34.8 Å². The van der Waals surface area contributed by atoms with Gasteiger partial charge >= 0.3 is 0 Å². The van der Waals surface area contributed by atoms with E-state index in [2.05, 4.69) is 125 Å². The van der Waals surface area contributed by atoms with Crippen LogP contribution in [0.4, 0.5) is 5.69 Å². The number of hydrogen-bond donors (Lipinski definition) is 1. The Kier molecular flexibility index (Phi) is 8.28. The number of benzene rings is 2. The van der Waals surface area contributed by atoms with Gasteiger partial charge in [-0.15, -0.1) is 0 Å². The molecule has 0 bridgehead atoms. The molecule has 1 aromatic heterocycles. The molecule has 3 aromatic rings. The maximum Gasteiger partial charge on any atom is 0.128 e. The zero-order valence-corrected chi connectivity index (χ0v) is 31.1. The molecule has 5 nitrogen and oxygen atoms in total. The number of nitrogens with zero attached hydrogens (tertiary/aromatic N) is 4. The molecule has 5 heteroatoms. The van der Waals surface area contributed by atoms with Crippen LogP contribution < -0.4 is 10.2 Å². The summed E-state index contributed by atoms with van der Waals surface area (Å²) in [4.78, 5) is 7.95. The van der Waals surface area contributed by atoms with Crippen LogP contribution in [0.5, 0.6) is 0 Å². The molecule has 0 amide bonds. The molecule has 53 heavy (non-hydrogen) atoms. The fraction of sp³-hybridized carbons (Fsp3) is 0.417. The minimum absolute atomic E-state index is 0.104. The second-order valence-corrected chi connectivity index (χ2v) is 16.8. The van der Waals surface area contributed by atoms with Gasteiger partial charge in [0.15, 0.2) is 0 Å². The molecule has 7 aliphatic rings. The van der Waals surface area contributed by atoms with E-state index < -0.39 is 0 Å². The second-order valence-electron chi connectivity index (χ2n) is 16.8. The van der Waals surface area contributed by atoms with E-state index in [1.165, 1.54) is 52.2 Å². The Morgan fingerprint density at radius 3 is 2.47 bits per heavy atom. The molecule has 0 spiro atoms. The van der Waals surface area contributed by atoms with Crippen molar-refractivity contribution < 1.29 is 0 Å². The number of nitrogens with one attached hydrogen (secondary N) is 1. The predicted octanol–water partition coefficient (Wildman–Crippen LogP) is 10.6. The summed E-state index contributed by atoms with van der Waals surface area (Å²) in [5, 5.41) is 14.2. The molecule has 0 saturated carbocycles. The van der Waals surface area contributed by atoms with Gasteiger partial charge < -0.3 is 9.47 Å². The zero-order chi connectivity index (χ0) is 35.5. The first-order valence-corrected chi connectivity index (χ1v) is 20.4. The highest BCUT2D eigenvalue weighted by atomic mass is 15.4. The summed E-state index contributed by atoms with van der Waals surface area (Å²) in [6, 6.07) is 21.0. The van der Waals surface area contributed by atoms with Gasteiger partial charge in [-0.1, -0.05) is 72.8 Å². The Morgan fingerprint density at radius 1 is 0.887 bits per heavy atom. The van der Waals surface area contributed by atoms with E-state index in [1.54, 1.807) is 11.1 Å². The van der Waals surface area contributed by atoms with Gasteiger partial charge in [-0.2, -0.15) is 5.26 Å². The summed E-state index contributed by atoms with van der Waals surface area (Å²) in [6.07, 6.45) is 34.2. The highest BCUT2D eigenvalue weighted by Crippen LogP contribution is 2.52. The largest absolute Gasteiger partial charge is 0.333 e. The lowest BCUT2D eigenvalue weighted by Gasteiger charge is -2.50. The monoisotopic (exact) mass is 697 g/mol. The molecule has 1 fully saturated rings. The molecule has 268 valence electrons. The van der Waals surface area contributed by atoms with Crippen LogP contribution in [0.1, 0.15) is 122 Å². The van der Waals surface area contributed by atoms with E-state index in [9.17, 15) is 5.26 Å². The number of nitriles is 1. The van der Waals surface area contributed by atoms with Crippen LogP contribution in [-0.2, 0) is 18.5 Å². The summed E-state index contributed by atoms with van der Waals surface area (Å²) >= 11 is 0. The van der Waals surface area contributed by atoms with Crippen molar-refractivity contribution in [1.29, 1.82) is 5.26 Å². The normalized spacial score (nSPS) is 31.2. The molecule has 2 aromatic carbocycles. The summed E-state index contributed by atoms with van der Waals surface area (Å²) in [6.45, 7) is 2.50. The van der Waals surface area contributed by atoms with Crippen molar-refractivity contribution in [2.24, 2.45) is 16.8 Å². The van der Waals surface area contributed by atoms with Crippen molar-refractivity contribution in [3.05, 3.63) is 130 Å². The molecule has 7 unspecified atom stereocenters. The number of piperidine rings is 1. The quantitative estimate of drug-likeness (QED) is 0.289. The topological polar surface area (TPSA) is 56.4 Å². The Labute approximate surface area is 315 Å². The zero-order valence-electron chi connectivity index (χ0n) is 31.1. The Bertz CT molecular complexity index is 2130. The van der Waals surface area contributed by atoms with Crippen molar-refractivity contribution in [2.75, 3.05) is 4.90 Å². The molecule has 10 rings (SSSR count). The highest BCUT2D eigenvalue weighted by molar-refractivity contribution is 5.73. The van der Waals surface area contributed by atoms with E-state index >= 15 is 0 Å². The third-order valence-corrected chi connectivity index (χ3v) is 13.7. The molecule has 1 saturated heterocycles. The Balaban J connectivity index is 1.11. The fourth-order valence-corrected chi connectivity index (χ4v) is 11.5. The van der Waals surface area contributed by atoms with E-state index in [-0.39, 0.29) is 18.0 Å². The lowest BCUT2D eigenvalue weighted by atomic mass is 9.70. The SMILES string of the molecule is CC1(n2c3c(c4c2C=CCC4)CCC=C3)CC(c2ccccc2C2=CCCCC2C2C=CC=C(C#N)C2)CC(N2c3ccccc3C3CCC=NC32)N1. The van der Waals surface area contributed by atoms with Crippen LogP contribution in [-0.4, -0.2) is 23.1 Å². The number of para-hydroxylation sites is 1. The van der Waals surface area contributed by atoms with Crippen molar-refractivity contribution in [1.82, 2.24) is 9.88 Å². The number of anilines is 1. The number of aliphatic imine (C=N–C) groups is 1. The molecule has 0 radical (unpaired) electrons. The van der Waals surface area contributed by atoms with Gasteiger partial charge in [0.25, 0.3) is 0 Å². The van der Waals surface area contributed by atoms with E-state index in [0.717, 1.165) is 69.8 Å². The minimum atomic E-state index is -0.327. The van der Waals surface area contributed by atoms with Crippen molar-refractivity contribution in [3.8, 4) is 6.07 Å². The lowest BCUT2D eigenvalue weighted by Crippen LogP contribution is -2.62. The Morgan fingerprint density at radius 2 is 1.66 bits per heavy atom. The average molecular weight is 698 g/mol. The number of aromatic nitrogens is 1. The van der Waals surface area contributed by atoms with Crippen LogP contribution in [0.2, 0.25) is 0 Å². The third kappa shape index (κ3) is 5.47. The van der Waals surface area contributed by atoms with Crippen LogP contribution >= 0.6 is 0 Å². The van der Waals surface area contributed by atoms with Crippen molar-refractivity contribution in [2.45, 2.75) is 114 Å². The Hall–Kier alpha value is -4.66. The molecule has 1 N–H and O–H groups in total.